The van der Waals surface area contributed by atoms with Crippen molar-refractivity contribution in [1.82, 2.24) is 9.80 Å². The number of guanidine groups is 1. The van der Waals surface area contributed by atoms with Crippen LogP contribution in [0, 0.1) is 5.92 Å². The van der Waals surface area contributed by atoms with Crippen molar-refractivity contribution in [3.05, 3.63) is 29.3 Å². The van der Waals surface area contributed by atoms with Crippen LogP contribution in [0.15, 0.2) is 23.2 Å². The monoisotopic (exact) mass is 497 g/mol. The highest BCUT2D eigenvalue weighted by Gasteiger charge is 2.30. The predicted octanol–water partition coefficient (Wildman–Crippen LogP) is 2.46. The molecule has 1 saturated heterocycles. The molecule has 28 heavy (non-hydrogen) atoms. The minimum Gasteiger partial charge on any atom is -0.370 e. The highest BCUT2D eigenvalue weighted by atomic mass is 127. The van der Waals surface area contributed by atoms with Crippen molar-refractivity contribution in [3.63, 3.8) is 0 Å². The van der Waals surface area contributed by atoms with Gasteiger partial charge in [-0.2, -0.15) is 0 Å². The molecule has 1 aromatic carbocycles. The van der Waals surface area contributed by atoms with Gasteiger partial charge in [0, 0.05) is 44.3 Å². The summed E-state index contributed by atoms with van der Waals surface area (Å²) in [4.78, 5) is 21.2. The second kappa shape index (κ2) is 9.91. The Kier molecular flexibility index (Phi) is 7.56. The number of aryl methyl sites for hydroxylation is 2. The minimum atomic E-state index is 0. The third-order valence-electron chi connectivity index (χ3n) is 6.21. The van der Waals surface area contributed by atoms with E-state index in [0.717, 1.165) is 57.7 Å². The number of nitrogens with one attached hydrogen (secondary N) is 1. The number of hydrogen-bond acceptors (Lipinski definition) is 3. The number of nitrogens with two attached hydrogens (primary N) is 1. The fraction of sp³-hybridized carbons (Fsp3) is 0.619. The van der Waals surface area contributed by atoms with E-state index in [-0.39, 0.29) is 24.0 Å². The summed E-state index contributed by atoms with van der Waals surface area (Å²) >= 11 is 0. The third-order valence-corrected chi connectivity index (χ3v) is 6.21. The number of amides is 1. The van der Waals surface area contributed by atoms with Gasteiger partial charge in [0.05, 0.1) is 6.54 Å². The van der Waals surface area contributed by atoms with Crippen molar-refractivity contribution in [1.29, 1.82) is 0 Å². The lowest BCUT2D eigenvalue weighted by Gasteiger charge is -2.38. The Bertz CT molecular complexity index is 711. The van der Waals surface area contributed by atoms with Gasteiger partial charge in [0.15, 0.2) is 5.96 Å². The van der Waals surface area contributed by atoms with Crippen molar-refractivity contribution in [2.75, 3.05) is 44.6 Å². The van der Waals surface area contributed by atoms with E-state index < -0.39 is 0 Å². The molecule has 0 unspecified atom stereocenters. The summed E-state index contributed by atoms with van der Waals surface area (Å²) in [6, 6.07) is 6.48. The molecule has 1 heterocycles. The summed E-state index contributed by atoms with van der Waals surface area (Å²) in [6.07, 6.45) is 7.00. The number of piperazine rings is 1. The van der Waals surface area contributed by atoms with Gasteiger partial charge >= 0.3 is 0 Å². The summed E-state index contributed by atoms with van der Waals surface area (Å²) in [5.74, 6) is 1.17. The Morgan fingerprint density at radius 3 is 2.57 bits per heavy atom. The number of fused-ring (bicyclic) bond motifs is 1. The van der Waals surface area contributed by atoms with Gasteiger partial charge in [-0.05, 0) is 55.4 Å². The maximum absolute atomic E-state index is 12.3. The smallest absolute Gasteiger partial charge is 0.225 e. The number of hydrogen-bond donors (Lipinski definition) is 2. The normalized spacial score (nSPS) is 20.3. The van der Waals surface area contributed by atoms with Crippen molar-refractivity contribution in [2.45, 2.75) is 38.5 Å². The fourth-order valence-electron chi connectivity index (χ4n) is 4.25. The van der Waals surface area contributed by atoms with Crippen molar-refractivity contribution >= 4 is 41.5 Å². The highest BCUT2D eigenvalue weighted by Crippen LogP contribution is 2.28. The molecule has 7 heteroatoms. The van der Waals surface area contributed by atoms with Crippen LogP contribution in [-0.4, -0.2) is 60.9 Å². The van der Waals surface area contributed by atoms with E-state index in [0.29, 0.717) is 24.3 Å². The molecule has 3 aliphatic rings. The SMILES string of the molecule is I.NC(=NCCN1CCN(C(=O)C2CCC2)CC1)Nc1ccc2c(c1)CCC2. The van der Waals surface area contributed by atoms with E-state index in [4.69, 9.17) is 5.73 Å². The van der Waals surface area contributed by atoms with Crippen LogP contribution in [-0.2, 0) is 17.6 Å². The van der Waals surface area contributed by atoms with Crippen LogP contribution >= 0.6 is 24.0 Å². The van der Waals surface area contributed by atoms with Gasteiger partial charge in [-0.15, -0.1) is 24.0 Å². The lowest BCUT2D eigenvalue weighted by molar-refractivity contribution is -0.139. The second-order valence-electron chi connectivity index (χ2n) is 8.02. The molecule has 0 aromatic heterocycles. The molecule has 1 aliphatic heterocycles. The number of carbonyl (C=O) groups is 1. The molecule has 6 nitrogen and oxygen atoms in total. The fourth-order valence-corrected chi connectivity index (χ4v) is 4.25. The summed E-state index contributed by atoms with van der Waals surface area (Å²) in [5.41, 5.74) is 9.98. The van der Waals surface area contributed by atoms with Crippen molar-refractivity contribution in [2.24, 2.45) is 16.6 Å². The minimum absolute atomic E-state index is 0. The average Bonchev–Trinajstić information content (AvgIpc) is 3.08. The third kappa shape index (κ3) is 5.17. The number of carbonyl (C=O) groups excluding carboxylic acids is 1. The average molecular weight is 497 g/mol. The molecule has 2 fully saturated rings. The lowest BCUT2D eigenvalue weighted by Crippen LogP contribution is -2.51. The molecule has 154 valence electrons. The molecule has 1 saturated carbocycles. The van der Waals surface area contributed by atoms with Crippen LogP contribution < -0.4 is 11.1 Å². The number of halogens is 1. The molecule has 3 N–H and O–H groups in total. The number of benzene rings is 1. The first-order chi connectivity index (χ1) is 13.2. The summed E-state index contributed by atoms with van der Waals surface area (Å²) in [5, 5.41) is 3.21. The van der Waals surface area contributed by atoms with Crippen molar-refractivity contribution in [3.8, 4) is 0 Å². The van der Waals surface area contributed by atoms with E-state index in [1.165, 1.54) is 30.4 Å². The molecule has 4 rings (SSSR count). The van der Waals surface area contributed by atoms with Crippen LogP contribution in [0.4, 0.5) is 5.69 Å². The van der Waals surface area contributed by atoms with Gasteiger partial charge in [0.25, 0.3) is 0 Å². The highest BCUT2D eigenvalue weighted by molar-refractivity contribution is 14.0. The molecule has 0 spiro atoms. The van der Waals surface area contributed by atoms with Crippen LogP contribution in [0.5, 0.6) is 0 Å². The zero-order valence-electron chi connectivity index (χ0n) is 16.5. The Labute approximate surface area is 184 Å². The maximum atomic E-state index is 12.3. The first-order valence-corrected chi connectivity index (χ1v) is 10.4. The van der Waals surface area contributed by atoms with E-state index in [1.807, 2.05) is 4.90 Å². The number of anilines is 1. The van der Waals surface area contributed by atoms with E-state index in [9.17, 15) is 4.79 Å². The molecular formula is C21H32IN5O. The Morgan fingerprint density at radius 1 is 1.11 bits per heavy atom. The van der Waals surface area contributed by atoms with Crippen molar-refractivity contribution < 1.29 is 4.79 Å². The molecule has 0 atom stereocenters. The zero-order valence-corrected chi connectivity index (χ0v) is 18.9. The molecule has 1 amide bonds. The van der Waals surface area contributed by atoms with Crippen LogP contribution in [0.3, 0.4) is 0 Å². The van der Waals surface area contributed by atoms with Gasteiger partial charge in [-0.25, -0.2) is 0 Å². The molecular weight excluding hydrogens is 465 g/mol. The Hall–Kier alpha value is -1.35. The standard InChI is InChI=1S/C21H31N5O.HI/c22-21(24-19-8-7-16-3-1-6-18(16)15-19)23-9-10-25-11-13-26(14-12-25)20(27)17-4-2-5-17;/h7-8,15,17H,1-6,9-14H2,(H3,22,23,24);1H. The predicted molar refractivity (Wildman–Crippen MR) is 124 cm³/mol. The van der Waals surface area contributed by atoms with Gasteiger partial charge < -0.3 is 16.0 Å². The molecule has 0 bridgehead atoms. The van der Waals surface area contributed by atoms with Crippen LogP contribution in [0.1, 0.15) is 36.8 Å². The van der Waals surface area contributed by atoms with Gasteiger partial charge in [-0.1, -0.05) is 12.5 Å². The first-order valence-electron chi connectivity index (χ1n) is 10.4. The number of nitrogens with zero attached hydrogens (tertiary/aromatic N) is 3. The summed E-state index contributed by atoms with van der Waals surface area (Å²) < 4.78 is 0. The van der Waals surface area contributed by atoms with Gasteiger partial charge in [0.1, 0.15) is 0 Å². The molecule has 1 aromatic rings. The quantitative estimate of drug-likeness (QED) is 0.373. The maximum Gasteiger partial charge on any atom is 0.225 e. The Balaban J connectivity index is 0.00000225. The van der Waals surface area contributed by atoms with Gasteiger partial charge in [0.2, 0.25) is 5.91 Å². The summed E-state index contributed by atoms with van der Waals surface area (Å²) in [7, 11) is 0. The van der Waals surface area contributed by atoms with E-state index in [1.54, 1.807) is 0 Å². The summed E-state index contributed by atoms with van der Waals surface area (Å²) in [6.45, 7) is 5.14. The van der Waals surface area contributed by atoms with Crippen LogP contribution in [0.2, 0.25) is 0 Å². The zero-order chi connectivity index (χ0) is 18.6. The molecule has 2 aliphatic carbocycles. The topological polar surface area (TPSA) is 74.0 Å². The lowest BCUT2D eigenvalue weighted by atomic mass is 9.84. The van der Waals surface area contributed by atoms with Crippen LogP contribution in [0.25, 0.3) is 0 Å². The van der Waals surface area contributed by atoms with E-state index >= 15 is 0 Å². The second-order valence-corrected chi connectivity index (χ2v) is 8.02. The number of aliphatic imine (C=N–C) groups is 1. The Morgan fingerprint density at radius 2 is 1.86 bits per heavy atom. The first kappa shape index (κ1) is 21.4. The van der Waals surface area contributed by atoms with E-state index in [2.05, 4.69) is 33.4 Å². The largest absolute Gasteiger partial charge is 0.370 e. The number of rotatable bonds is 5. The molecule has 0 radical (unpaired) electrons. The van der Waals surface area contributed by atoms with Gasteiger partial charge in [-0.3, -0.25) is 14.7 Å².